The molecule has 1 aromatic carbocycles. The Balaban J connectivity index is 2.20. The summed E-state index contributed by atoms with van der Waals surface area (Å²) in [5.41, 5.74) is 3.81. The Labute approximate surface area is 101 Å². The van der Waals surface area contributed by atoms with Crippen molar-refractivity contribution in [2.24, 2.45) is 10.8 Å². The van der Waals surface area contributed by atoms with Crippen molar-refractivity contribution in [2.75, 3.05) is 19.7 Å². The molecule has 5 heteroatoms. The maximum atomic E-state index is 5.69. The van der Waals surface area contributed by atoms with E-state index in [9.17, 15) is 0 Å². The molecule has 3 N–H and O–H groups in total. The maximum absolute atomic E-state index is 5.69. The average Bonchev–Trinajstić information content (AvgIpc) is 2.57. The second-order valence-electron chi connectivity index (χ2n) is 3.82. The zero-order valence-electron chi connectivity index (χ0n) is 10.0. The number of guanidine groups is 1. The van der Waals surface area contributed by atoms with Gasteiger partial charge in [0.2, 0.25) is 5.96 Å². The molecule has 0 saturated heterocycles. The highest BCUT2D eigenvalue weighted by Crippen LogP contribution is 2.22. The Kier molecular flexibility index (Phi) is 3.82. The fourth-order valence-corrected chi connectivity index (χ4v) is 1.89. The quantitative estimate of drug-likeness (QED) is 0.325. The van der Waals surface area contributed by atoms with E-state index in [1.54, 1.807) is 0 Å². The third kappa shape index (κ3) is 2.68. The van der Waals surface area contributed by atoms with Crippen LogP contribution < -0.4 is 16.0 Å². The number of ether oxygens (including phenoxy) is 1. The van der Waals surface area contributed by atoms with Crippen LogP contribution >= 0.6 is 0 Å². The van der Waals surface area contributed by atoms with Gasteiger partial charge in [0.15, 0.2) is 0 Å². The molecule has 0 radical (unpaired) electrons. The van der Waals surface area contributed by atoms with Gasteiger partial charge < -0.3 is 9.64 Å². The van der Waals surface area contributed by atoms with Crippen molar-refractivity contribution in [3.8, 4) is 5.75 Å². The molecule has 1 aliphatic rings. The molecule has 0 atom stereocenters. The maximum Gasteiger partial charge on any atom is 0.208 e. The predicted octanol–water partition coefficient (Wildman–Crippen LogP) is 0.720. The van der Waals surface area contributed by atoms with E-state index in [1.165, 1.54) is 0 Å². The normalized spacial score (nSPS) is 15.9. The predicted molar refractivity (Wildman–Crippen MR) is 67.6 cm³/mol. The van der Waals surface area contributed by atoms with E-state index >= 15 is 0 Å². The zero-order valence-corrected chi connectivity index (χ0v) is 10.0. The summed E-state index contributed by atoms with van der Waals surface area (Å²) in [6, 6.07) is 8.05. The van der Waals surface area contributed by atoms with Crippen LogP contribution in [0.2, 0.25) is 0 Å². The lowest BCUT2D eigenvalue weighted by molar-refractivity contribution is 0.286. The number of para-hydroxylation sites is 1. The molecule has 5 nitrogen and oxygen atoms in total. The first-order valence-corrected chi connectivity index (χ1v) is 5.82. The number of benzene rings is 1. The molecule has 0 aromatic heterocycles. The molecule has 0 unspecified atom stereocenters. The average molecular weight is 234 g/mol. The van der Waals surface area contributed by atoms with E-state index in [-0.39, 0.29) is 0 Å². The molecular weight excluding hydrogens is 216 g/mol. The van der Waals surface area contributed by atoms with Crippen LogP contribution in [-0.2, 0) is 6.54 Å². The summed E-state index contributed by atoms with van der Waals surface area (Å²) in [6.45, 7) is 4.87. The van der Waals surface area contributed by atoms with Crippen LogP contribution in [0, 0.1) is 0 Å². The molecule has 1 aromatic rings. The van der Waals surface area contributed by atoms with Crippen molar-refractivity contribution in [3.63, 3.8) is 0 Å². The van der Waals surface area contributed by atoms with E-state index in [4.69, 9.17) is 10.6 Å². The van der Waals surface area contributed by atoms with Gasteiger partial charge in [-0.3, -0.25) is 10.4 Å². The molecule has 0 spiro atoms. The Morgan fingerprint density at radius 1 is 1.53 bits per heavy atom. The number of fused-ring (bicyclic) bond motifs is 1. The summed E-state index contributed by atoms with van der Waals surface area (Å²) in [4.78, 5) is 6.42. The third-order valence-electron chi connectivity index (χ3n) is 2.69. The minimum atomic E-state index is 0.640. The fraction of sp³-hybridized carbons (Fsp3) is 0.417. The van der Waals surface area contributed by atoms with Gasteiger partial charge in [-0.2, -0.15) is 0 Å². The second kappa shape index (κ2) is 5.54. The summed E-state index contributed by atoms with van der Waals surface area (Å²) in [5, 5.41) is 0. The minimum Gasteiger partial charge on any atom is -0.491 e. The molecule has 0 aliphatic carbocycles. The number of hydrazine groups is 1. The van der Waals surface area contributed by atoms with Crippen LogP contribution in [0.15, 0.2) is 29.3 Å². The van der Waals surface area contributed by atoms with E-state index in [1.807, 2.05) is 25.1 Å². The van der Waals surface area contributed by atoms with E-state index in [0.717, 1.165) is 24.4 Å². The van der Waals surface area contributed by atoms with Gasteiger partial charge in [-0.15, -0.1) is 0 Å². The van der Waals surface area contributed by atoms with Gasteiger partial charge in [-0.1, -0.05) is 18.2 Å². The molecule has 2 rings (SSSR count). The first-order valence-electron chi connectivity index (χ1n) is 5.82. The van der Waals surface area contributed by atoms with E-state index < -0.39 is 0 Å². The molecule has 1 aliphatic heterocycles. The lowest BCUT2D eigenvalue weighted by atomic mass is 10.2. The van der Waals surface area contributed by atoms with Crippen molar-refractivity contribution in [1.82, 2.24) is 10.3 Å². The Morgan fingerprint density at radius 2 is 2.35 bits per heavy atom. The van der Waals surface area contributed by atoms with Gasteiger partial charge in [-0.25, -0.2) is 5.84 Å². The van der Waals surface area contributed by atoms with Crippen LogP contribution in [0.25, 0.3) is 0 Å². The summed E-state index contributed by atoms with van der Waals surface area (Å²) in [7, 11) is 0. The summed E-state index contributed by atoms with van der Waals surface area (Å²) in [6.07, 6.45) is 0. The minimum absolute atomic E-state index is 0.640. The largest absolute Gasteiger partial charge is 0.491 e. The Hall–Kier alpha value is -1.75. The first-order chi connectivity index (χ1) is 8.35. The van der Waals surface area contributed by atoms with Gasteiger partial charge in [0.1, 0.15) is 12.4 Å². The standard InChI is InChI=1S/C12H18N4O/c1-2-14-12(15-13)16-7-8-17-11-6-4-3-5-10(11)9-16/h3-6H,2,7-9,13H2,1H3,(H,14,15). The van der Waals surface area contributed by atoms with Crippen LogP contribution in [0.4, 0.5) is 0 Å². The van der Waals surface area contributed by atoms with Crippen molar-refractivity contribution < 1.29 is 4.74 Å². The molecule has 17 heavy (non-hydrogen) atoms. The number of nitrogens with one attached hydrogen (secondary N) is 1. The highest BCUT2D eigenvalue weighted by Gasteiger charge is 2.17. The van der Waals surface area contributed by atoms with Crippen LogP contribution in [0.3, 0.4) is 0 Å². The summed E-state index contributed by atoms with van der Waals surface area (Å²) < 4.78 is 5.69. The monoisotopic (exact) mass is 234 g/mol. The molecular formula is C12H18N4O. The molecule has 0 amide bonds. The van der Waals surface area contributed by atoms with E-state index in [0.29, 0.717) is 19.1 Å². The molecule has 1 heterocycles. The van der Waals surface area contributed by atoms with E-state index in [2.05, 4.69) is 21.4 Å². The number of hydrogen-bond donors (Lipinski definition) is 2. The van der Waals surface area contributed by atoms with Gasteiger partial charge in [-0.05, 0) is 13.0 Å². The van der Waals surface area contributed by atoms with Crippen molar-refractivity contribution in [2.45, 2.75) is 13.5 Å². The Bertz CT molecular complexity index is 405. The van der Waals surface area contributed by atoms with Gasteiger partial charge in [0, 0.05) is 18.7 Å². The first kappa shape index (κ1) is 11.7. The van der Waals surface area contributed by atoms with Gasteiger partial charge >= 0.3 is 0 Å². The summed E-state index contributed by atoms with van der Waals surface area (Å²) >= 11 is 0. The van der Waals surface area contributed by atoms with Crippen LogP contribution in [-0.4, -0.2) is 30.6 Å². The number of hydrogen-bond acceptors (Lipinski definition) is 3. The third-order valence-corrected chi connectivity index (χ3v) is 2.69. The topological polar surface area (TPSA) is 62.9 Å². The lowest BCUT2D eigenvalue weighted by Gasteiger charge is -2.22. The molecule has 92 valence electrons. The van der Waals surface area contributed by atoms with Gasteiger partial charge in [0.25, 0.3) is 0 Å². The molecule has 0 bridgehead atoms. The van der Waals surface area contributed by atoms with Crippen molar-refractivity contribution in [1.29, 1.82) is 0 Å². The highest BCUT2D eigenvalue weighted by atomic mass is 16.5. The smallest absolute Gasteiger partial charge is 0.208 e. The summed E-state index contributed by atoms with van der Waals surface area (Å²) in [5.74, 6) is 7.16. The highest BCUT2D eigenvalue weighted by molar-refractivity contribution is 5.79. The molecule has 0 saturated carbocycles. The lowest BCUT2D eigenvalue weighted by Crippen LogP contribution is -2.45. The molecule has 0 fully saturated rings. The Morgan fingerprint density at radius 3 is 3.12 bits per heavy atom. The number of nitrogens with two attached hydrogens (primary N) is 1. The number of nitrogens with zero attached hydrogens (tertiary/aromatic N) is 2. The zero-order chi connectivity index (χ0) is 12.1. The number of rotatable bonds is 1. The van der Waals surface area contributed by atoms with Crippen molar-refractivity contribution >= 4 is 5.96 Å². The van der Waals surface area contributed by atoms with Crippen LogP contribution in [0.1, 0.15) is 12.5 Å². The second-order valence-corrected chi connectivity index (χ2v) is 3.82. The van der Waals surface area contributed by atoms with Crippen LogP contribution in [0.5, 0.6) is 5.75 Å². The SMILES string of the molecule is CCN=C(NN)N1CCOc2ccccc2C1. The fourth-order valence-electron chi connectivity index (χ4n) is 1.89. The van der Waals surface area contributed by atoms with Crippen molar-refractivity contribution in [3.05, 3.63) is 29.8 Å². The number of aliphatic imine (C=N–C) groups is 1. The van der Waals surface area contributed by atoms with Gasteiger partial charge in [0.05, 0.1) is 6.54 Å².